The number of aryl methyl sites for hydroxylation is 1. The fourth-order valence-electron chi connectivity index (χ4n) is 3.19. The van der Waals surface area contributed by atoms with E-state index >= 15 is 0 Å². The maximum absolute atomic E-state index is 6.09. The predicted molar refractivity (Wildman–Crippen MR) is 109 cm³/mol. The number of fused-ring (bicyclic) bond motifs is 2. The minimum Gasteiger partial charge on any atom is -0.275 e. The second kappa shape index (κ2) is 6.18. The molecule has 3 aromatic carbocycles. The summed E-state index contributed by atoms with van der Waals surface area (Å²) in [7, 11) is 0. The molecule has 5 heteroatoms. The van der Waals surface area contributed by atoms with Crippen LogP contribution in [0.3, 0.4) is 0 Å². The van der Waals surface area contributed by atoms with Gasteiger partial charge in [-0.1, -0.05) is 53.6 Å². The third-order valence-electron chi connectivity index (χ3n) is 4.56. The molecular weight excluding hydrogens is 356 g/mol. The van der Waals surface area contributed by atoms with E-state index in [1.807, 2.05) is 53.1 Å². The van der Waals surface area contributed by atoms with Crippen LogP contribution in [-0.4, -0.2) is 19.5 Å². The standard InChI is InChI=1S/C22H15ClN4/c1-14-6-8-15(9-7-14)21-26-20-22(25-19-5-3-2-4-18(19)24-20)27(21)17-12-10-16(23)11-13-17/h2-13H,1H3. The minimum atomic E-state index is 0.624. The number of hydrogen-bond donors (Lipinski definition) is 0. The lowest BCUT2D eigenvalue weighted by atomic mass is 10.1. The van der Waals surface area contributed by atoms with Crippen molar-refractivity contribution in [1.29, 1.82) is 0 Å². The first-order chi connectivity index (χ1) is 13.2. The molecule has 4 nitrogen and oxygen atoms in total. The molecule has 0 N–H and O–H groups in total. The summed E-state index contributed by atoms with van der Waals surface area (Å²) in [5.74, 6) is 0.808. The van der Waals surface area contributed by atoms with Crippen LogP contribution in [0.25, 0.3) is 39.4 Å². The van der Waals surface area contributed by atoms with Crippen LogP contribution in [0, 0.1) is 6.92 Å². The molecule has 0 aliphatic carbocycles. The highest BCUT2D eigenvalue weighted by atomic mass is 35.5. The van der Waals surface area contributed by atoms with E-state index in [0.717, 1.165) is 33.8 Å². The van der Waals surface area contributed by atoms with Crippen molar-refractivity contribution < 1.29 is 0 Å². The summed E-state index contributed by atoms with van der Waals surface area (Å²) >= 11 is 6.09. The van der Waals surface area contributed by atoms with Gasteiger partial charge in [0.25, 0.3) is 0 Å². The van der Waals surface area contributed by atoms with Crippen LogP contribution in [0.4, 0.5) is 0 Å². The summed E-state index contributed by atoms with van der Waals surface area (Å²) in [5, 5.41) is 0.691. The number of rotatable bonds is 2. The van der Waals surface area contributed by atoms with E-state index in [9.17, 15) is 0 Å². The van der Waals surface area contributed by atoms with Crippen molar-refractivity contribution in [2.45, 2.75) is 6.92 Å². The van der Waals surface area contributed by atoms with Gasteiger partial charge >= 0.3 is 0 Å². The number of aromatic nitrogens is 4. The van der Waals surface area contributed by atoms with Gasteiger partial charge in [0.2, 0.25) is 0 Å². The lowest BCUT2D eigenvalue weighted by Gasteiger charge is -2.09. The Kier molecular flexibility index (Phi) is 3.66. The van der Waals surface area contributed by atoms with Gasteiger partial charge in [0.05, 0.1) is 11.0 Å². The number of nitrogens with zero attached hydrogens (tertiary/aromatic N) is 4. The predicted octanol–water partition coefficient (Wildman–Crippen LogP) is 5.60. The molecular formula is C22H15ClN4. The Morgan fingerprint density at radius 1 is 0.741 bits per heavy atom. The van der Waals surface area contributed by atoms with Gasteiger partial charge in [-0.25, -0.2) is 15.0 Å². The zero-order chi connectivity index (χ0) is 18.4. The average molecular weight is 371 g/mol. The Hall–Kier alpha value is -3.24. The third kappa shape index (κ3) is 2.75. The molecule has 2 aromatic heterocycles. The van der Waals surface area contributed by atoms with Crippen LogP contribution in [0.15, 0.2) is 72.8 Å². The molecule has 0 fully saturated rings. The van der Waals surface area contributed by atoms with Crippen molar-refractivity contribution in [2.24, 2.45) is 0 Å². The summed E-state index contributed by atoms with van der Waals surface area (Å²) in [4.78, 5) is 14.4. The fraction of sp³-hybridized carbons (Fsp3) is 0.0455. The number of para-hydroxylation sites is 2. The molecule has 0 amide bonds. The molecule has 130 valence electrons. The highest BCUT2D eigenvalue weighted by molar-refractivity contribution is 6.30. The van der Waals surface area contributed by atoms with E-state index in [2.05, 4.69) is 31.2 Å². The van der Waals surface area contributed by atoms with E-state index < -0.39 is 0 Å². The second-order valence-corrected chi connectivity index (χ2v) is 6.91. The third-order valence-corrected chi connectivity index (χ3v) is 4.82. The van der Waals surface area contributed by atoms with Crippen molar-refractivity contribution in [3.63, 3.8) is 0 Å². The second-order valence-electron chi connectivity index (χ2n) is 6.47. The molecule has 5 aromatic rings. The first-order valence-corrected chi connectivity index (χ1v) is 9.05. The summed E-state index contributed by atoms with van der Waals surface area (Å²) in [6, 6.07) is 23.8. The van der Waals surface area contributed by atoms with Crippen LogP contribution < -0.4 is 0 Å². The smallest absolute Gasteiger partial charge is 0.199 e. The molecule has 0 unspecified atom stereocenters. The average Bonchev–Trinajstić information content (AvgIpc) is 3.05. The van der Waals surface area contributed by atoms with E-state index in [4.69, 9.17) is 26.6 Å². The summed E-state index contributed by atoms with van der Waals surface area (Å²) in [5.41, 5.74) is 6.19. The number of imidazole rings is 1. The van der Waals surface area contributed by atoms with Crippen molar-refractivity contribution >= 4 is 33.9 Å². The van der Waals surface area contributed by atoms with Crippen molar-refractivity contribution in [1.82, 2.24) is 19.5 Å². The largest absolute Gasteiger partial charge is 0.275 e. The molecule has 0 radical (unpaired) electrons. The van der Waals surface area contributed by atoms with E-state index in [1.54, 1.807) is 0 Å². The van der Waals surface area contributed by atoms with Crippen LogP contribution >= 0.6 is 11.6 Å². The molecule has 27 heavy (non-hydrogen) atoms. The van der Waals surface area contributed by atoms with Crippen LogP contribution in [0.5, 0.6) is 0 Å². The van der Waals surface area contributed by atoms with E-state index in [1.165, 1.54) is 5.56 Å². The van der Waals surface area contributed by atoms with Gasteiger partial charge in [-0.15, -0.1) is 0 Å². The van der Waals surface area contributed by atoms with Gasteiger partial charge in [0, 0.05) is 16.3 Å². The minimum absolute atomic E-state index is 0.624. The number of halogens is 1. The normalized spacial score (nSPS) is 11.3. The molecule has 0 bridgehead atoms. The molecule has 0 atom stereocenters. The number of hydrogen-bond acceptors (Lipinski definition) is 3. The maximum Gasteiger partial charge on any atom is 0.199 e. The maximum atomic E-state index is 6.09. The van der Waals surface area contributed by atoms with Gasteiger partial charge in [0.1, 0.15) is 5.82 Å². The Morgan fingerprint density at radius 3 is 2.11 bits per heavy atom. The van der Waals surface area contributed by atoms with Gasteiger partial charge in [-0.3, -0.25) is 4.57 Å². The molecule has 0 aliphatic heterocycles. The van der Waals surface area contributed by atoms with Gasteiger partial charge in [-0.05, 0) is 43.3 Å². The lowest BCUT2D eigenvalue weighted by molar-refractivity contribution is 1.08. The van der Waals surface area contributed by atoms with Gasteiger partial charge in [0.15, 0.2) is 11.3 Å². The monoisotopic (exact) mass is 370 g/mol. The van der Waals surface area contributed by atoms with Crippen LogP contribution in [0.2, 0.25) is 5.02 Å². The Balaban J connectivity index is 1.86. The Labute approximate surface area is 161 Å². The lowest BCUT2D eigenvalue weighted by Crippen LogP contribution is -1.99. The zero-order valence-corrected chi connectivity index (χ0v) is 15.4. The summed E-state index contributed by atoms with van der Waals surface area (Å²) in [6.07, 6.45) is 0. The van der Waals surface area contributed by atoms with Crippen molar-refractivity contribution in [2.75, 3.05) is 0 Å². The first-order valence-electron chi connectivity index (χ1n) is 8.67. The Bertz CT molecular complexity index is 1270. The first kappa shape index (κ1) is 16.0. The van der Waals surface area contributed by atoms with Gasteiger partial charge < -0.3 is 0 Å². The molecule has 5 rings (SSSR count). The summed E-state index contributed by atoms with van der Waals surface area (Å²) < 4.78 is 2.04. The zero-order valence-electron chi connectivity index (χ0n) is 14.6. The van der Waals surface area contributed by atoms with Crippen molar-refractivity contribution in [3.8, 4) is 17.1 Å². The Morgan fingerprint density at radius 2 is 1.41 bits per heavy atom. The molecule has 2 heterocycles. The highest BCUT2D eigenvalue weighted by Gasteiger charge is 2.17. The van der Waals surface area contributed by atoms with Gasteiger partial charge in [-0.2, -0.15) is 0 Å². The quantitative estimate of drug-likeness (QED) is 0.406. The van der Waals surface area contributed by atoms with E-state index in [-0.39, 0.29) is 0 Å². The van der Waals surface area contributed by atoms with Crippen LogP contribution in [0.1, 0.15) is 5.56 Å². The molecule has 0 spiro atoms. The summed E-state index contributed by atoms with van der Waals surface area (Å²) in [6.45, 7) is 2.07. The SMILES string of the molecule is Cc1ccc(-c2nc3nc4ccccc4nc3n2-c2ccc(Cl)cc2)cc1. The molecule has 0 saturated heterocycles. The van der Waals surface area contributed by atoms with Crippen LogP contribution in [-0.2, 0) is 0 Å². The number of benzene rings is 3. The molecule has 0 saturated carbocycles. The van der Waals surface area contributed by atoms with E-state index in [0.29, 0.717) is 10.7 Å². The fourth-order valence-corrected chi connectivity index (χ4v) is 3.31. The molecule has 0 aliphatic rings. The topological polar surface area (TPSA) is 43.6 Å². The van der Waals surface area contributed by atoms with Crippen molar-refractivity contribution in [3.05, 3.63) is 83.4 Å². The highest BCUT2D eigenvalue weighted by Crippen LogP contribution is 2.29.